The molecule has 0 aliphatic heterocycles. The Labute approximate surface area is 139 Å². The molecule has 0 unspecified atom stereocenters. The molecule has 0 spiro atoms. The van der Waals surface area contributed by atoms with Crippen molar-refractivity contribution in [3.8, 4) is 0 Å². The summed E-state index contributed by atoms with van der Waals surface area (Å²) in [6.07, 6.45) is 5.71. The van der Waals surface area contributed by atoms with Gasteiger partial charge < -0.3 is 5.32 Å². The Kier molecular flexibility index (Phi) is 5.87. The molecule has 120 valence electrons. The Morgan fingerprint density at radius 1 is 1.38 bits per heavy atom. The molecular weight excluding hydrogens is 372 g/mol. The molecular formula is C14H23BrN2O2S2. The topological polar surface area (TPSA) is 58.2 Å². The van der Waals surface area contributed by atoms with E-state index in [4.69, 9.17) is 0 Å². The first kappa shape index (κ1) is 17.4. The van der Waals surface area contributed by atoms with Crippen LogP contribution in [0.3, 0.4) is 0 Å². The van der Waals surface area contributed by atoms with Crippen molar-refractivity contribution >= 4 is 37.3 Å². The van der Waals surface area contributed by atoms with Gasteiger partial charge in [0.2, 0.25) is 10.0 Å². The lowest BCUT2D eigenvalue weighted by atomic mass is 9.84. The van der Waals surface area contributed by atoms with Crippen LogP contribution in [-0.4, -0.2) is 22.0 Å². The molecule has 1 aliphatic carbocycles. The fraction of sp³-hybridized carbons (Fsp3) is 0.714. The van der Waals surface area contributed by atoms with Gasteiger partial charge in [0.1, 0.15) is 4.90 Å². The maximum absolute atomic E-state index is 12.5. The van der Waals surface area contributed by atoms with E-state index in [-0.39, 0.29) is 5.41 Å². The number of halogens is 1. The summed E-state index contributed by atoms with van der Waals surface area (Å²) in [5.41, 5.74) is 0.156. The highest BCUT2D eigenvalue weighted by Gasteiger charge is 2.33. The van der Waals surface area contributed by atoms with E-state index >= 15 is 0 Å². The summed E-state index contributed by atoms with van der Waals surface area (Å²) in [5.74, 6) is 0. The molecule has 7 heteroatoms. The van der Waals surface area contributed by atoms with Crippen LogP contribution >= 0.6 is 27.3 Å². The number of rotatable bonds is 7. The molecule has 1 fully saturated rings. The molecule has 0 radical (unpaired) electrons. The van der Waals surface area contributed by atoms with Gasteiger partial charge in [0.05, 0.1) is 3.79 Å². The number of nitrogens with one attached hydrogen (secondary N) is 2. The molecule has 0 amide bonds. The van der Waals surface area contributed by atoms with Crippen molar-refractivity contribution in [2.24, 2.45) is 5.41 Å². The third-order valence-electron chi connectivity index (χ3n) is 4.40. The lowest BCUT2D eigenvalue weighted by molar-refractivity contribution is 0.285. The quantitative estimate of drug-likeness (QED) is 0.743. The van der Waals surface area contributed by atoms with Crippen LogP contribution in [0.1, 0.15) is 43.9 Å². The van der Waals surface area contributed by atoms with E-state index in [1.165, 1.54) is 24.2 Å². The van der Waals surface area contributed by atoms with Crippen LogP contribution in [-0.2, 0) is 16.6 Å². The minimum atomic E-state index is -3.44. The summed E-state index contributed by atoms with van der Waals surface area (Å²) in [6, 6.07) is 1.75. The van der Waals surface area contributed by atoms with Crippen molar-refractivity contribution in [3.05, 3.63) is 14.7 Å². The van der Waals surface area contributed by atoms with Gasteiger partial charge in [-0.3, -0.25) is 0 Å². The predicted molar refractivity (Wildman–Crippen MR) is 91.2 cm³/mol. The van der Waals surface area contributed by atoms with E-state index in [0.717, 1.165) is 24.1 Å². The van der Waals surface area contributed by atoms with Crippen LogP contribution in [0.15, 0.2) is 14.7 Å². The average molecular weight is 395 g/mol. The smallest absolute Gasteiger partial charge is 0.242 e. The van der Waals surface area contributed by atoms with Gasteiger partial charge in [-0.05, 0) is 53.7 Å². The Hall–Kier alpha value is 0.0500. The van der Waals surface area contributed by atoms with Crippen LogP contribution < -0.4 is 10.0 Å². The van der Waals surface area contributed by atoms with Crippen molar-refractivity contribution in [2.45, 2.75) is 50.5 Å². The molecule has 0 bridgehead atoms. The molecule has 0 atom stereocenters. The molecule has 1 saturated carbocycles. The Balaban J connectivity index is 2.11. The summed E-state index contributed by atoms with van der Waals surface area (Å²) >= 11 is 4.84. The minimum Gasteiger partial charge on any atom is -0.315 e. The molecule has 1 heterocycles. The number of thiophene rings is 1. The van der Waals surface area contributed by atoms with Crippen LogP contribution in [0.25, 0.3) is 0 Å². The normalized spacial score (nSPS) is 18.2. The van der Waals surface area contributed by atoms with Gasteiger partial charge in [-0.1, -0.05) is 19.8 Å². The van der Waals surface area contributed by atoms with Gasteiger partial charge in [-0.2, -0.15) is 0 Å². The second-order valence-electron chi connectivity index (χ2n) is 5.77. The number of sulfonamides is 1. The van der Waals surface area contributed by atoms with Crippen molar-refractivity contribution in [2.75, 3.05) is 13.6 Å². The highest BCUT2D eigenvalue weighted by molar-refractivity contribution is 9.11. The SMILES string of the molecule is CCC1(CNS(=O)(=O)c2cc(CNC)sc2Br)CCCC1. The number of hydrogen-bond donors (Lipinski definition) is 2. The fourth-order valence-electron chi connectivity index (χ4n) is 2.95. The third kappa shape index (κ3) is 4.07. The molecule has 1 aliphatic rings. The second kappa shape index (κ2) is 7.08. The predicted octanol–water partition coefficient (Wildman–Crippen LogP) is 3.48. The van der Waals surface area contributed by atoms with Crippen molar-refractivity contribution in [3.63, 3.8) is 0 Å². The van der Waals surface area contributed by atoms with Crippen molar-refractivity contribution < 1.29 is 8.42 Å². The van der Waals surface area contributed by atoms with Gasteiger partial charge in [-0.25, -0.2) is 13.1 Å². The summed E-state index contributed by atoms with van der Waals surface area (Å²) in [5, 5.41) is 3.04. The maximum Gasteiger partial charge on any atom is 0.242 e. The van der Waals surface area contributed by atoms with Crippen molar-refractivity contribution in [1.82, 2.24) is 10.0 Å². The lowest BCUT2D eigenvalue weighted by Crippen LogP contribution is -2.35. The summed E-state index contributed by atoms with van der Waals surface area (Å²) < 4.78 is 28.6. The first-order chi connectivity index (χ1) is 9.92. The third-order valence-corrected chi connectivity index (χ3v) is 8.05. The molecule has 4 nitrogen and oxygen atoms in total. The van der Waals surface area contributed by atoms with E-state index < -0.39 is 10.0 Å². The molecule has 2 N–H and O–H groups in total. The van der Waals surface area contributed by atoms with Gasteiger partial charge in [-0.15, -0.1) is 11.3 Å². The first-order valence-corrected chi connectivity index (χ1v) is 10.4. The molecule has 21 heavy (non-hydrogen) atoms. The van der Waals surface area contributed by atoms with E-state index in [1.54, 1.807) is 6.07 Å². The Bertz CT molecular complexity index is 578. The summed E-state index contributed by atoms with van der Waals surface area (Å²) in [6.45, 7) is 3.39. The van der Waals surface area contributed by atoms with Crippen LogP contribution in [0.2, 0.25) is 0 Å². The van der Waals surface area contributed by atoms with Crippen molar-refractivity contribution in [1.29, 1.82) is 0 Å². The highest BCUT2D eigenvalue weighted by atomic mass is 79.9. The standard InChI is InChI=1S/C14H23BrN2O2S2/c1-3-14(6-4-5-7-14)10-17-21(18,19)12-8-11(9-16-2)20-13(12)15/h8,16-17H,3-7,9-10H2,1-2H3. The maximum atomic E-state index is 12.5. The van der Waals surface area contributed by atoms with E-state index in [9.17, 15) is 8.42 Å². The van der Waals surface area contributed by atoms with Crippen LogP contribution in [0, 0.1) is 5.41 Å². The molecule has 1 aromatic heterocycles. The van der Waals surface area contributed by atoms with Crippen LogP contribution in [0.4, 0.5) is 0 Å². The molecule has 1 aromatic rings. The zero-order valence-electron chi connectivity index (χ0n) is 12.5. The first-order valence-electron chi connectivity index (χ1n) is 7.35. The summed E-state index contributed by atoms with van der Waals surface area (Å²) in [4.78, 5) is 1.37. The minimum absolute atomic E-state index is 0.156. The second-order valence-corrected chi connectivity index (χ2v) is 9.96. The summed E-state index contributed by atoms with van der Waals surface area (Å²) in [7, 11) is -1.59. The van der Waals surface area contributed by atoms with Crippen LogP contribution in [0.5, 0.6) is 0 Å². The Morgan fingerprint density at radius 3 is 2.62 bits per heavy atom. The fourth-order valence-corrected chi connectivity index (χ4v) is 6.80. The van der Waals surface area contributed by atoms with E-state index in [1.807, 2.05) is 7.05 Å². The Morgan fingerprint density at radius 2 is 2.05 bits per heavy atom. The zero-order chi connectivity index (χ0) is 15.5. The zero-order valence-corrected chi connectivity index (χ0v) is 15.8. The van der Waals surface area contributed by atoms with Gasteiger partial charge in [0.15, 0.2) is 0 Å². The van der Waals surface area contributed by atoms with Gasteiger partial charge in [0, 0.05) is 18.0 Å². The van der Waals surface area contributed by atoms with E-state index in [2.05, 4.69) is 32.9 Å². The van der Waals surface area contributed by atoms with Gasteiger partial charge >= 0.3 is 0 Å². The molecule has 2 rings (SSSR count). The highest BCUT2D eigenvalue weighted by Crippen LogP contribution is 2.41. The molecule has 0 aromatic carbocycles. The number of hydrogen-bond acceptors (Lipinski definition) is 4. The lowest BCUT2D eigenvalue weighted by Gasteiger charge is -2.27. The largest absolute Gasteiger partial charge is 0.315 e. The van der Waals surface area contributed by atoms with Gasteiger partial charge in [0.25, 0.3) is 0 Å². The monoisotopic (exact) mass is 394 g/mol. The average Bonchev–Trinajstić information content (AvgIpc) is 3.05. The van der Waals surface area contributed by atoms with E-state index in [0.29, 0.717) is 21.8 Å². The molecule has 0 saturated heterocycles.